The van der Waals surface area contributed by atoms with Crippen molar-refractivity contribution in [3.05, 3.63) is 100.0 Å². The molecule has 0 aliphatic rings. The number of methoxy groups -OCH3 is 1. The number of pyridine rings is 1. The van der Waals surface area contributed by atoms with Gasteiger partial charge in [0.25, 0.3) is 5.56 Å². The van der Waals surface area contributed by atoms with E-state index in [1.54, 1.807) is 23.9 Å². The molecular formula is C21H21N3O2. The van der Waals surface area contributed by atoms with Crippen molar-refractivity contribution in [3.63, 3.8) is 0 Å². The Morgan fingerprint density at radius 3 is 2.42 bits per heavy atom. The highest BCUT2D eigenvalue weighted by molar-refractivity contribution is 5.97. The predicted molar refractivity (Wildman–Crippen MR) is 104 cm³/mol. The largest absolute Gasteiger partial charge is 0.497 e. The Kier molecular flexibility index (Phi) is 5.49. The van der Waals surface area contributed by atoms with Crippen LogP contribution in [0.5, 0.6) is 5.75 Å². The fraction of sp³-hybridized carbons (Fsp3) is 0.143. The molecule has 0 radical (unpaired) electrons. The van der Waals surface area contributed by atoms with Crippen LogP contribution in [0.3, 0.4) is 0 Å². The number of benzene rings is 2. The first-order valence-electron chi connectivity index (χ1n) is 8.34. The monoisotopic (exact) mass is 347 g/mol. The standard InChI is InChI=1S/C21H21N3O2/c1-26-18-11-9-16(10-12-18)14-23-20(22)19-8-5-13-24(21(19)25)15-17-6-3-2-4-7-17/h2-13H,14-15H2,1H3,(H2,22,23). The van der Waals surface area contributed by atoms with Crippen molar-refractivity contribution in [1.82, 2.24) is 4.57 Å². The summed E-state index contributed by atoms with van der Waals surface area (Å²) >= 11 is 0. The number of aliphatic imine (C=N–C) groups is 1. The minimum absolute atomic E-state index is 0.146. The molecule has 0 atom stereocenters. The van der Waals surface area contributed by atoms with Crippen LogP contribution in [0.1, 0.15) is 16.7 Å². The van der Waals surface area contributed by atoms with Gasteiger partial charge in [-0.25, -0.2) is 0 Å². The maximum atomic E-state index is 12.7. The zero-order chi connectivity index (χ0) is 18.4. The molecule has 26 heavy (non-hydrogen) atoms. The number of amidine groups is 1. The Morgan fingerprint density at radius 2 is 1.73 bits per heavy atom. The Balaban J connectivity index is 1.79. The lowest BCUT2D eigenvalue weighted by molar-refractivity contribution is 0.414. The SMILES string of the molecule is COc1ccc(CN=C(N)c2cccn(Cc3ccccc3)c2=O)cc1. The lowest BCUT2D eigenvalue weighted by atomic mass is 10.2. The molecule has 0 spiro atoms. The van der Waals surface area contributed by atoms with E-state index in [2.05, 4.69) is 4.99 Å². The summed E-state index contributed by atoms with van der Waals surface area (Å²) in [5.41, 5.74) is 8.39. The molecule has 0 aliphatic carbocycles. The van der Waals surface area contributed by atoms with Gasteiger partial charge in [-0.2, -0.15) is 0 Å². The van der Waals surface area contributed by atoms with Gasteiger partial charge in [0.05, 0.1) is 25.8 Å². The molecule has 132 valence electrons. The van der Waals surface area contributed by atoms with Crippen molar-refractivity contribution in [2.75, 3.05) is 7.11 Å². The summed E-state index contributed by atoms with van der Waals surface area (Å²) in [6.07, 6.45) is 1.76. The van der Waals surface area contributed by atoms with Crippen molar-refractivity contribution in [1.29, 1.82) is 0 Å². The molecular weight excluding hydrogens is 326 g/mol. The molecule has 0 bridgehead atoms. The maximum Gasteiger partial charge on any atom is 0.261 e. The molecule has 0 amide bonds. The molecule has 1 heterocycles. The van der Waals surface area contributed by atoms with E-state index in [9.17, 15) is 4.79 Å². The number of ether oxygens (including phenoxy) is 1. The van der Waals surface area contributed by atoms with Gasteiger partial charge in [-0.15, -0.1) is 0 Å². The van der Waals surface area contributed by atoms with Gasteiger partial charge in [-0.3, -0.25) is 9.79 Å². The second-order valence-corrected chi connectivity index (χ2v) is 5.89. The summed E-state index contributed by atoms with van der Waals surface area (Å²) in [6, 6.07) is 20.9. The molecule has 2 N–H and O–H groups in total. The highest BCUT2D eigenvalue weighted by Crippen LogP contribution is 2.12. The van der Waals surface area contributed by atoms with Crippen molar-refractivity contribution in [2.24, 2.45) is 10.7 Å². The van der Waals surface area contributed by atoms with Crippen LogP contribution in [0, 0.1) is 0 Å². The van der Waals surface area contributed by atoms with Crippen molar-refractivity contribution < 1.29 is 4.74 Å². The van der Waals surface area contributed by atoms with Crippen LogP contribution in [0.25, 0.3) is 0 Å². The van der Waals surface area contributed by atoms with Crippen molar-refractivity contribution in [2.45, 2.75) is 13.1 Å². The van der Waals surface area contributed by atoms with Crippen LogP contribution in [-0.2, 0) is 13.1 Å². The number of hydrogen-bond donors (Lipinski definition) is 1. The molecule has 3 aromatic rings. The summed E-state index contributed by atoms with van der Waals surface area (Å²) in [5.74, 6) is 1.03. The molecule has 2 aromatic carbocycles. The molecule has 5 heteroatoms. The highest BCUT2D eigenvalue weighted by Gasteiger charge is 2.07. The number of aromatic nitrogens is 1. The quantitative estimate of drug-likeness (QED) is 0.551. The van der Waals surface area contributed by atoms with E-state index < -0.39 is 0 Å². The zero-order valence-corrected chi connectivity index (χ0v) is 14.6. The Morgan fingerprint density at radius 1 is 1.00 bits per heavy atom. The number of nitrogens with zero attached hydrogens (tertiary/aromatic N) is 2. The van der Waals surface area contributed by atoms with Crippen LogP contribution >= 0.6 is 0 Å². The van der Waals surface area contributed by atoms with Crippen LogP contribution in [0.2, 0.25) is 0 Å². The summed E-state index contributed by atoms with van der Waals surface area (Å²) in [7, 11) is 1.63. The molecule has 0 saturated carbocycles. The van der Waals surface area contributed by atoms with Crippen molar-refractivity contribution in [3.8, 4) is 5.75 Å². The van der Waals surface area contributed by atoms with E-state index in [4.69, 9.17) is 10.5 Å². The van der Waals surface area contributed by atoms with Gasteiger partial charge in [0.2, 0.25) is 0 Å². The number of rotatable bonds is 6. The van der Waals surface area contributed by atoms with Gasteiger partial charge in [0.15, 0.2) is 0 Å². The third-order valence-electron chi connectivity index (χ3n) is 4.08. The van der Waals surface area contributed by atoms with Gasteiger partial charge in [0, 0.05) is 6.20 Å². The third kappa shape index (κ3) is 4.19. The Labute approximate surface area is 152 Å². The minimum atomic E-state index is -0.146. The van der Waals surface area contributed by atoms with Gasteiger partial charge >= 0.3 is 0 Å². The fourth-order valence-electron chi connectivity index (χ4n) is 2.63. The van der Waals surface area contributed by atoms with Gasteiger partial charge in [-0.05, 0) is 35.4 Å². The Hall–Kier alpha value is -3.34. The van der Waals surface area contributed by atoms with E-state index in [1.165, 1.54) is 0 Å². The van der Waals surface area contributed by atoms with E-state index in [0.717, 1.165) is 16.9 Å². The normalized spacial score (nSPS) is 11.3. The molecule has 1 aromatic heterocycles. The van der Waals surface area contributed by atoms with Crippen LogP contribution in [0.4, 0.5) is 0 Å². The predicted octanol–water partition coefficient (Wildman–Crippen LogP) is 2.81. The van der Waals surface area contributed by atoms with Gasteiger partial charge in [0.1, 0.15) is 11.6 Å². The first kappa shape index (κ1) is 17.5. The number of hydrogen-bond acceptors (Lipinski definition) is 3. The van der Waals surface area contributed by atoms with Crippen LogP contribution < -0.4 is 16.0 Å². The first-order chi connectivity index (χ1) is 12.7. The fourth-order valence-corrected chi connectivity index (χ4v) is 2.63. The van der Waals surface area contributed by atoms with E-state index >= 15 is 0 Å². The van der Waals surface area contributed by atoms with E-state index in [-0.39, 0.29) is 11.4 Å². The minimum Gasteiger partial charge on any atom is -0.497 e. The summed E-state index contributed by atoms with van der Waals surface area (Å²) in [4.78, 5) is 17.1. The number of nitrogens with two attached hydrogens (primary N) is 1. The molecule has 3 rings (SSSR count). The highest BCUT2D eigenvalue weighted by atomic mass is 16.5. The van der Waals surface area contributed by atoms with E-state index in [0.29, 0.717) is 18.7 Å². The first-order valence-corrected chi connectivity index (χ1v) is 8.34. The smallest absolute Gasteiger partial charge is 0.261 e. The molecule has 0 unspecified atom stereocenters. The molecule has 0 fully saturated rings. The van der Waals surface area contributed by atoms with Crippen LogP contribution in [0.15, 0.2) is 82.7 Å². The second kappa shape index (κ2) is 8.16. The van der Waals surface area contributed by atoms with Crippen LogP contribution in [-0.4, -0.2) is 17.5 Å². The van der Waals surface area contributed by atoms with E-state index in [1.807, 2.05) is 60.7 Å². The topological polar surface area (TPSA) is 69.6 Å². The lowest BCUT2D eigenvalue weighted by Crippen LogP contribution is -2.30. The summed E-state index contributed by atoms with van der Waals surface area (Å²) in [5, 5.41) is 0. The second-order valence-electron chi connectivity index (χ2n) is 5.89. The van der Waals surface area contributed by atoms with Crippen molar-refractivity contribution >= 4 is 5.84 Å². The summed E-state index contributed by atoms with van der Waals surface area (Å²) in [6.45, 7) is 0.905. The third-order valence-corrected chi connectivity index (χ3v) is 4.08. The van der Waals surface area contributed by atoms with Gasteiger partial charge in [-0.1, -0.05) is 42.5 Å². The Bertz CT molecular complexity index is 945. The molecule has 5 nitrogen and oxygen atoms in total. The molecule has 0 aliphatic heterocycles. The summed E-state index contributed by atoms with van der Waals surface area (Å²) < 4.78 is 6.78. The average Bonchev–Trinajstić information content (AvgIpc) is 2.69. The zero-order valence-electron chi connectivity index (χ0n) is 14.6. The lowest BCUT2D eigenvalue weighted by Gasteiger charge is -2.08. The average molecular weight is 347 g/mol. The maximum absolute atomic E-state index is 12.7. The van der Waals surface area contributed by atoms with Gasteiger partial charge < -0.3 is 15.0 Å². The molecule has 0 saturated heterocycles.